The summed E-state index contributed by atoms with van der Waals surface area (Å²) in [6.45, 7) is 0.762. The maximum atomic E-state index is 13.4. The maximum absolute atomic E-state index is 13.4. The Morgan fingerprint density at radius 1 is 1.03 bits per heavy atom. The third-order valence-corrected chi connectivity index (χ3v) is 6.79. The molecule has 7 heteroatoms. The van der Waals surface area contributed by atoms with Crippen molar-refractivity contribution in [2.75, 3.05) is 18.6 Å². The van der Waals surface area contributed by atoms with Crippen molar-refractivity contribution in [1.82, 2.24) is 0 Å². The zero-order valence-electron chi connectivity index (χ0n) is 16.5. The molecule has 5 rings (SSSR count). The first-order valence-corrected chi connectivity index (χ1v) is 10.2. The Morgan fingerprint density at radius 2 is 1.70 bits per heavy atom. The van der Waals surface area contributed by atoms with E-state index in [9.17, 15) is 18.8 Å². The third-order valence-electron chi connectivity index (χ3n) is 6.79. The molecular formula is C23H22FN2O4+. The topological polar surface area (TPSA) is 68.1 Å². The lowest BCUT2D eigenvalue weighted by Gasteiger charge is -2.25. The van der Waals surface area contributed by atoms with Crippen LogP contribution in [0.3, 0.4) is 0 Å². The number of anilines is 1. The summed E-state index contributed by atoms with van der Waals surface area (Å²) < 4.78 is 18.5. The molecule has 0 spiro atoms. The van der Waals surface area contributed by atoms with Gasteiger partial charge in [0.05, 0.1) is 19.3 Å². The number of quaternary nitrogens is 1. The number of ketones is 1. The molecule has 0 saturated carbocycles. The molecule has 0 aromatic heterocycles. The number of carbonyl (C=O) groups is 3. The van der Waals surface area contributed by atoms with Crippen LogP contribution in [0.2, 0.25) is 0 Å². The lowest BCUT2D eigenvalue weighted by atomic mass is 9.85. The number of carbonyl (C=O) groups excluding carboxylic acids is 3. The largest absolute Gasteiger partial charge is 0.497 e. The highest BCUT2D eigenvalue weighted by Gasteiger charge is 2.68. The van der Waals surface area contributed by atoms with E-state index in [-0.39, 0.29) is 23.6 Å². The minimum atomic E-state index is -0.683. The van der Waals surface area contributed by atoms with Crippen LogP contribution in [0.25, 0.3) is 0 Å². The summed E-state index contributed by atoms with van der Waals surface area (Å²) in [5.74, 6) is -1.70. The number of hydrogen-bond acceptors (Lipinski definition) is 4. The molecule has 2 aromatic rings. The first-order chi connectivity index (χ1) is 14.5. The lowest BCUT2D eigenvalue weighted by Crippen LogP contribution is -3.16. The minimum Gasteiger partial charge on any atom is -0.497 e. The van der Waals surface area contributed by atoms with Gasteiger partial charge in [0.15, 0.2) is 6.04 Å². The van der Waals surface area contributed by atoms with Gasteiger partial charge in [-0.2, -0.15) is 0 Å². The highest BCUT2D eigenvalue weighted by molar-refractivity contribution is 6.24. The van der Waals surface area contributed by atoms with Crippen LogP contribution in [0.1, 0.15) is 23.2 Å². The molecule has 30 heavy (non-hydrogen) atoms. The molecule has 5 atom stereocenters. The molecule has 3 fully saturated rings. The Balaban J connectivity index is 1.52. The van der Waals surface area contributed by atoms with E-state index in [1.165, 1.54) is 29.2 Å². The van der Waals surface area contributed by atoms with E-state index < -0.39 is 23.7 Å². The van der Waals surface area contributed by atoms with Crippen LogP contribution < -0.4 is 14.5 Å². The van der Waals surface area contributed by atoms with Gasteiger partial charge in [-0.25, -0.2) is 9.29 Å². The van der Waals surface area contributed by atoms with Crippen molar-refractivity contribution in [1.29, 1.82) is 0 Å². The van der Waals surface area contributed by atoms with E-state index >= 15 is 0 Å². The molecular weight excluding hydrogens is 387 g/mol. The van der Waals surface area contributed by atoms with Crippen LogP contribution in [0.4, 0.5) is 10.1 Å². The number of imide groups is 1. The molecule has 2 amide bonds. The zero-order chi connectivity index (χ0) is 21.0. The predicted molar refractivity (Wildman–Crippen MR) is 106 cm³/mol. The predicted octanol–water partition coefficient (Wildman–Crippen LogP) is 1.25. The van der Waals surface area contributed by atoms with Gasteiger partial charge < -0.3 is 9.64 Å². The smallest absolute Gasteiger partial charge is 0.244 e. The number of benzene rings is 2. The Bertz CT molecular complexity index is 1020. The van der Waals surface area contributed by atoms with Crippen LogP contribution in [-0.2, 0) is 9.59 Å². The molecule has 3 saturated heterocycles. The highest BCUT2D eigenvalue weighted by Crippen LogP contribution is 2.40. The first-order valence-electron chi connectivity index (χ1n) is 10.2. The fourth-order valence-electron chi connectivity index (χ4n) is 5.52. The normalized spacial score (nSPS) is 29.8. The SMILES string of the molecule is COc1ccc(N2C(=O)[C@@H]3[C@@H](C2=O)[C@@H](C(=O)c2ccc(F)cc2)[NH+]2CCC[C@H]32)cc1. The molecule has 3 aliphatic rings. The summed E-state index contributed by atoms with van der Waals surface area (Å²) in [4.78, 5) is 42.4. The summed E-state index contributed by atoms with van der Waals surface area (Å²) in [6, 6.07) is 11.5. The van der Waals surface area contributed by atoms with E-state index in [0.717, 1.165) is 24.3 Å². The van der Waals surface area contributed by atoms with Crippen molar-refractivity contribution < 1.29 is 28.4 Å². The van der Waals surface area contributed by atoms with Gasteiger partial charge in [-0.1, -0.05) is 0 Å². The molecule has 3 heterocycles. The van der Waals surface area contributed by atoms with Crippen LogP contribution >= 0.6 is 0 Å². The molecule has 2 aromatic carbocycles. The summed E-state index contributed by atoms with van der Waals surface area (Å²) in [7, 11) is 1.55. The molecule has 0 aliphatic carbocycles. The van der Waals surface area contributed by atoms with Gasteiger partial charge in [-0.15, -0.1) is 0 Å². The number of fused-ring (bicyclic) bond motifs is 3. The second-order valence-corrected chi connectivity index (χ2v) is 8.18. The van der Waals surface area contributed by atoms with Gasteiger partial charge in [0, 0.05) is 18.4 Å². The molecule has 0 radical (unpaired) electrons. The fourth-order valence-corrected chi connectivity index (χ4v) is 5.52. The molecule has 0 bridgehead atoms. The Kier molecular flexibility index (Phi) is 4.43. The lowest BCUT2D eigenvalue weighted by molar-refractivity contribution is -0.915. The quantitative estimate of drug-likeness (QED) is 0.610. The highest BCUT2D eigenvalue weighted by atomic mass is 19.1. The number of nitrogens with one attached hydrogen (secondary N) is 1. The van der Waals surface area contributed by atoms with Gasteiger partial charge in [0.2, 0.25) is 17.6 Å². The number of rotatable bonds is 4. The zero-order valence-corrected chi connectivity index (χ0v) is 16.5. The van der Waals surface area contributed by atoms with Crippen molar-refractivity contribution >= 4 is 23.3 Å². The van der Waals surface area contributed by atoms with Gasteiger partial charge in [-0.05, 0) is 48.5 Å². The minimum absolute atomic E-state index is 0.0379. The average Bonchev–Trinajstić information content (AvgIpc) is 3.40. The summed E-state index contributed by atoms with van der Waals surface area (Å²) >= 11 is 0. The fraction of sp³-hybridized carbons (Fsp3) is 0.348. The number of amides is 2. The second-order valence-electron chi connectivity index (χ2n) is 8.18. The Hall–Kier alpha value is -3.06. The summed E-state index contributed by atoms with van der Waals surface area (Å²) in [6.07, 6.45) is 1.74. The van der Waals surface area contributed by atoms with Crippen molar-refractivity contribution in [2.24, 2.45) is 11.8 Å². The van der Waals surface area contributed by atoms with Crippen LogP contribution in [0.15, 0.2) is 48.5 Å². The van der Waals surface area contributed by atoms with Gasteiger partial charge in [0.25, 0.3) is 0 Å². The first kappa shape index (κ1) is 18.9. The summed E-state index contributed by atoms with van der Waals surface area (Å²) in [5.41, 5.74) is 0.871. The van der Waals surface area contributed by atoms with E-state index in [4.69, 9.17) is 4.74 Å². The third kappa shape index (κ3) is 2.69. The monoisotopic (exact) mass is 409 g/mol. The number of Topliss-reactive ketones (excluding diaryl/α,β-unsaturated/α-hetero) is 1. The Morgan fingerprint density at radius 3 is 2.37 bits per heavy atom. The van der Waals surface area contributed by atoms with E-state index in [0.29, 0.717) is 17.0 Å². The molecule has 6 nitrogen and oxygen atoms in total. The molecule has 154 valence electrons. The number of hydrogen-bond donors (Lipinski definition) is 1. The van der Waals surface area contributed by atoms with Crippen molar-refractivity contribution in [2.45, 2.75) is 24.9 Å². The summed E-state index contributed by atoms with van der Waals surface area (Å²) in [5, 5.41) is 0. The van der Waals surface area contributed by atoms with E-state index in [1.54, 1.807) is 31.4 Å². The van der Waals surface area contributed by atoms with Crippen molar-refractivity contribution in [3.05, 3.63) is 59.9 Å². The van der Waals surface area contributed by atoms with E-state index in [2.05, 4.69) is 0 Å². The van der Waals surface area contributed by atoms with Crippen molar-refractivity contribution in [3.63, 3.8) is 0 Å². The molecule has 1 unspecified atom stereocenters. The number of nitrogens with zero attached hydrogens (tertiary/aromatic N) is 1. The number of methoxy groups -OCH3 is 1. The number of ether oxygens (including phenoxy) is 1. The molecule has 3 aliphatic heterocycles. The maximum Gasteiger partial charge on any atom is 0.244 e. The van der Waals surface area contributed by atoms with Crippen LogP contribution in [0, 0.1) is 17.7 Å². The van der Waals surface area contributed by atoms with Gasteiger partial charge in [-0.3, -0.25) is 14.4 Å². The molecule has 1 N–H and O–H groups in total. The van der Waals surface area contributed by atoms with Gasteiger partial charge >= 0.3 is 0 Å². The van der Waals surface area contributed by atoms with Gasteiger partial charge in [0.1, 0.15) is 29.4 Å². The van der Waals surface area contributed by atoms with Crippen LogP contribution in [-0.4, -0.2) is 43.3 Å². The van der Waals surface area contributed by atoms with Crippen LogP contribution in [0.5, 0.6) is 5.75 Å². The average molecular weight is 409 g/mol. The van der Waals surface area contributed by atoms with Crippen molar-refractivity contribution in [3.8, 4) is 5.75 Å². The Labute approximate surface area is 173 Å². The standard InChI is InChI=1S/C23H21FN2O4/c1-30-16-10-8-15(9-11-16)26-22(28)18-17-3-2-12-25(17)20(19(18)23(26)29)21(27)13-4-6-14(24)7-5-13/h4-11,17-20H,2-3,12H2,1H3/p+1/t17-,18+,19-,20+/m1/s1. The second kappa shape index (κ2) is 7.02. The number of halogens is 1. The van der Waals surface area contributed by atoms with E-state index in [1.807, 2.05) is 0 Å².